The lowest BCUT2D eigenvalue weighted by atomic mass is 10.2. The van der Waals surface area contributed by atoms with Crippen LogP contribution in [0.2, 0.25) is 0 Å². The lowest BCUT2D eigenvalue weighted by Gasteiger charge is -2.23. The first-order valence-electron chi connectivity index (χ1n) is 7.30. The number of amides is 1. The smallest absolute Gasteiger partial charge is 0.414 e. The highest BCUT2D eigenvalue weighted by molar-refractivity contribution is 6.05. The van der Waals surface area contributed by atoms with Crippen molar-refractivity contribution in [2.45, 2.75) is 26.4 Å². The van der Waals surface area contributed by atoms with Gasteiger partial charge in [0.15, 0.2) is 0 Å². The molecule has 7 nitrogen and oxygen atoms in total. The van der Waals surface area contributed by atoms with E-state index in [1.165, 1.54) is 7.11 Å². The predicted molar refractivity (Wildman–Crippen MR) is 86.8 cm³/mol. The molecule has 0 aliphatic carbocycles. The number of carbonyl (C=O) groups is 2. The summed E-state index contributed by atoms with van der Waals surface area (Å²) >= 11 is 0. The van der Waals surface area contributed by atoms with Gasteiger partial charge in [-0.05, 0) is 45.0 Å². The van der Waals surface area contributed by atoms with Gasteiger partial charge in [0.25, 0.3) is 0 Å². The van der Waals surface area contributed by atoms with Crippen molar-refractivity contribution >= 4 is 23.7 Å². The van der Waals surface area contributed by atoms with E-state index in [1.54, 1.807) is 45.0 Å². The molecule has 1 aromatic carbocycles. The summed E-state index contributed by atoms with van der Waals surface area (Å²) < 4.78 is 9.90. The van der Waals surface area contributed by atoms with Gasteiger partial charge >= 0.3 is 12.1 Å². The minimum absolute atomic E-state index is 0.390. The molecule has 0 fully saturated rings. The summed E-state index contributed by atoms with van der Waals surface area (Å²) in [6, 6.07) is 6.91. The molecule has 0 aromatic heterocycles. The Bertz CT molecular complexity index is 617. The van der Waals surface area contributed by atoms with Gasteiger partial charge in [-0.15, -0.1) is 0 Å². The molecular weight excluding hydrogens is 298 g/mol. The van der Waals surface area contributed by atoms with Crippen molar-refractivity contribution < 1.29 is 19.1 Å². The lowest BCUT2D eigenvalue weighted by Crippen LogP contribution is -2.44. The number of aliphatic imine (C=N–C) groups is 1. The zero-order valence-electron chi connectivity index (χ0n) is 13.8. The molecule has 0 spiro atoms. The minimum atomic E-state index is -0.573. The zero-order valence-corrected chi connectivity index (χ0v) is 13.8. The van der Waals surface area contributed by atoms with E-state index < -0.39 is 17.7 Å². The number of esters is 1. The van der Waals surface area contributed by atoms with E-state index in [-0.39, 0.29) is 0 Å². The predicted octanol–water partition coefficient (Wildman–Crippen LogP) is 2.17. The van der Waals surface area contributed by atoms with Crippen LogP contribution in [0.25, 0.3) is 0 Å². The van der Waals surface area contributed by atoms with Crippen molar-refractivity contribution in [3.8, 4) is 0 Å². The first kappa shape index (κ1) is 16.8. The summed E-state index contributed by atoms with van der Waals surface area (Å²) in [5.41, 5.74) is 0.718. The van der Waals surface area contributed by atoms with Crippen molar-refractivity contribution in [2.24, 2.45) is 4.99 Å². The fourth-order valence-electron chi connectivity index (χ4n) is 2.10. The summed E-state index contributed by atoms with van der Waals surface area (Å²) in [6.45, 7) is 6.61. The van der Waals surface area contributed by atoms with Crippen LogP contribution >= 0.6 is 0 Å². The molecular formula is C16H21N3O4. The van der Waals surface area contributed by atoms with Crippen molar-refractivity contribution in [2.75, 3.05) is 25.1 Å². The number of carbonyl (C=O) groups excluding carboxylic acids is 2. The highest BCUT2D eigenvalue weighted by Gasteiger charge is 2.24. The Hall–Kier alpha value is -2.57. The number of rotatable bonds is 2. The number of hydrogen-bond donors (Lipinski definition) is 1. The molecule has 0 saturated heterocycles. The second-order valence-electron chi connectivity index (χ2n) is 6.02. The molecule has 7 heteroatoms. The van der Waals surface area contributed by atoms with Crippen LogP contribution in [0.4, 0.5) is 10.5 Å². The number of nitrogens with one attached hydrogen (secondary N) is 1. The monoisotopic (exact) mass is 319 g/mol. The van der Waals surface area contributed by atoms with Crippen LogP contribution in [0.15, 0.2) is 29.3 Å². The van der Waals surface area contributed by atoms with Gasteiger partial charge in [-0.3, -0.25) is 10.3 Å². The van der Waals surface area contributed by atoms with Crippen molar-refractivity contribution in [3.05, 3.63) is 29.8 Å². The van der Waals surface area contributed by atoms with Crippen LogP contribution in [0.3, 0.4) is 0 Å². The molecule has 0 radical (unpaired) electrons. The summed E-state index contributed by atoms with van der Waals surface area (Å²) in [4.78, 5) is 29.5. The largest absolute Gasteiger partial charge is 0.465 e. The fourth-order valence-corrected chi connectivity index (χ4v) is 2.10. The Labute approximate surface area is 135 Å². The van der Waals surface area contributed by atoms with Crippen LogP contribution < -0.4 is 10.2 Å². The van der Waals surface area contributed by atoms with Gasteiger partial charge in [0.2, 0.25) is 5.96 Å². The first-order chi connectivity index (χ1) is 10.8. The number of hydrogen-bond acceptors (Lipinski definition) is 6. The van der Waals surface area contributed by atoms with Crippen LogP contribution in [0, 0.1) is 0 Å². The van der Waals surface area contributed by atoms with Crippen molar-refractivity contribution in [3.63, 3.8) is 0 Å². The Morgan fingerprint density at radius 3 is 2.43 bits per heavy atom. The summed E-state index contributed by atoms with van der Waals surface area (Å²) in [7, 11) is 1.34. The van der Waals surface area contributed by atoms with Gasteiger partial charge < -0.3 is 14.4 Å². The van der Waals surface area contributed by atoms with Crippen LogP contribution in [0.1, 0.15) is 31.1 Å². The van der Waals surface area contributed by atoms with Gasteiger partial charge in [0, 0.05) is 12.2 Å². The number of benzene rings is 1. The second-order valence-corrected chi connectivity index (χ2v) is 6.02. The van der Waals surface area contributed by atoms with Crippen LogP contribution in [-0.4, -0.2) is 43.8 Å². The molecule has 1 amide bonds. The van der Waals surface area contributed by atoms with Gasteiger partial charge in [-0.1, -0.05) is 0 Å². The molecule has 1 aromatic rings. The molecule has 1 aliphatic heterocycles. The summed E-state index contributed by atoms with van der Waals surface area (Å²) in [6.07, 6.45) is -0.547. The molecule has 124 valence electrons. The molecule has 2 rings (SSSR count). The van der Waals surface area contributed by atoms with Gasteiger partial charge in [0.1, 0.15) is 5.60 Å². The molecule has 0 unspecified atom stereocenters. The van der Waals surface area contributed by atoms with Crippen molar-refractivity contribution in [1.29, 1.82) is 0 Å². The Morgan fingerprint density at radius 2 is 1.87 bits per heavy atom. The van der Waals surface area contributed by atoms with Gasteiger partial charge in [-0.2, -0.15) is 0 Å². The summed E-state index contributed by atoms with van der Waals surface area (Å²) in [5, 5.41) is 2.66. The summed E-state index contributed by atoms with van der Waals surface area (Å²) in [5.74, 6) is 0.0452. The van der Waals surface area contributed by atoms with E-state index >= 15 is 0 Å². The third kappa shape index (κ3) is 4.45. The van der Waals surface area contributed by atoms with Gasteiger partial charge in [0.05, 0.1) is 19.2 Å². The Kier molecular flexibility index (Phi) is 4.88. The highest BCUT2D eigenvalue weighted by Crippen LogP contribution is 2.18. The molecule has 0 atom stereocenters. The number of guanidine groups is 1. The fraction of sp³-hybridized carbons (Fsp3) is 0.438. The van der Waals surface area contributed by atoms with E-state index in [0.29, 0.717) is 24.6 Å². The standard InChI is InChI=1S/C16H21N3O4/c1-16(2,3)23-15(21)18-14-17-9-10-19(14)12-7-5-11(6-8-12)13(20)22-4/h5-8H,9-10H2,1-4H3,(H,17,18,21). The molecule has 1 N–H and O–H groups in total. The Balaban J connectivity index is 2.06. The normalized spacial score (nSPS) is 14.3. The molecule has 1 aliphatic rings. The maximum atomic E-state index is 11.9. The van der Waals surface area contributed by atoms with Gasteiger partial charge in [-0.25, -0.2) is 9.59 Å². The number of ether oxygens (including phenoxy) is 2. The number of anilines is 1. The molecule has 0 bridgehead atoms. The second kappa shape index (κ2) is 6.68. The first-order valence-corrected chi connectivity index (χ1v) is 7.30. The van der Waals surface area contributed by atoms with E-state index in [0.717, 1.165) is 5.69 Å². The number of nitrogens with zero attached hydrogens (tertiary/aromatic N) is 2. The van der Waals surface area contributed by atoms with E-state index in [1.807, 2.05) is 4.90 Å². The van der Waals surface area contributed by atoms with E-state index in [2.05, 4.69) is 15.0 Å². The van der Waals surface area contributed by atoms with E-state index in [4.69, 9.17) is 4.74 Å². The van der Waals surface area contributed by atoms with Crippen molar-refractivity contribution in [1.82, 2.24) is 5.32 Å². The Morgan fingerprint density at radius 1 is 1.22 bits per heavy atom. The quantitative estimate of drug-likeness (QED) is 0.845. The minimum Gasteiger partial charge on any atom is -0.465 e. The zero-order chi connectivity index (χ0) is 17.0. The maximum absolute atomic E-state index is 11.9. The number of methoxy groups -OCH3 is 1. The highest BCUT2D eigenvalue weighted by atomic mass is 16.6. The SMILES string of the molecule is COC(=O)c1ccc(N2CCN=C2NC(=O)OC(C)(C)C)cc1. The maximum Gasteiger partial charge on any atom is 0.414 e. The third-order valence-corrected chi connectivity index (χ3v) is 3.05. The lowest BCUT2D eigenvalue weighted by molar-refractivity contribution is 0.0560. The van der Waals surface area contributed by atoms with E-state index in [9.17, 15) is 9.59 Å². The average Bonchev–Trinajstić information content (AvgIpc) is 2.92. The van der Waals surface area contributed by atoms with Crippen LogP contribution in [-0.2, 0) is 9.47 Å². The molecule has 23 heavy (non-hydrogen) atoms. The van der Waals surface area contributed by atoms with Crippen LogP contribution in [0.5, 0.6) is 0 Å². The molecule has 0 saturated carbocycles. The third-order valence-electron chi connectivity index (χ3n) is 3.05. The average molecular weight is 319 g/mol. The topological polar surface area (TPSA) is 80.2 Å². The number of alkyl carbamates (subject to hydrolysis) is 1. The molecule has 1 heterocycles.